The number of methoxy groups -OCH3 is 1. The molecule has 0 aliphatic rings. The van der Waals surface area contributed by atoms with Crippen LogP contribution in [0.3, 0.4) is 0 Å². The van der Waals surface area contributed by atoms with Gasteiger partial charge in [-0.2, -0.15) is 0 Å². The van der Waals surface area contributed by atoms with Gasteiger partial charge < -0.3 is 14.7 Å². The molecule has 0 saturated heterocycles. The molecule has 0 aliphatic carbocycles. The predicted octanol–water partition coefficient (Wildman–Crippen LogP) is 8.37. The Hall–Kier alpha value is -3.19. The first-order chi connectivity index (χ1) is 17.9. The normalized spacial score (nSPS) is 11.4. The van der Waals surface area contributed by atoms with Crippen LogP contribution >= 0.6 is 35.0 Å². The molecular weight excluding hydrogens is 530 g/mol. The van der Waals surface area contributed by atoms with Crippen LogP contribution in [0.2, 0.25) is 10.0 Å². The zero-order chi connectivity index (χ0) is 26.2. The van der Waals surface area contributed by atoms with Crippen LogP contribution in [0.1, 0.15) is 11.1 Å². The summed E-state index contributed by atoms with van der Waals surface area (Å²) in [6.45, 7) is 1.07. The molecule has 1 N–H and O–H groups in total. The van der Waals surface area contributed by atoms with E-state index >= 15 is 0 Å². The molecule has 0 unspecified atom stereocenters. The number of halogens is 3. The molecule has 0 heterocycles. The summed E-state index contributed by atoms with van der Waals surface area (Å²) in [4.78, 5) is 8.01. The van der Waals surface area contributed by atoms with Crippen molar-refractivity contribution in [2.75, 3.05) is 13.7 Å². The van der Waals surface area contributed by atoms with Gasteiger partial charge in [0.25, 0.3) is 0 Å². The maximum Gasteiger partial charge on any atom is 0.169 e. The summed E-state index contributed by atoms with van der Waals surface area (Å²) in [6, 6.07) is 26.5. The number of phenolic OH excluding ortho intramolecular Hbond substituents is 1. The van der Waals surface area contributed by atoms with Crippen molar-refractivity contribution in [2.24, 2.45) is 4.99 Å². The zero-order valence-electron chi connectivity index (χ0n) is 20.1. The lowest BCUT2D eigenvalue weighted by molar-refractivity contribution is 0.413. The molecule has 37 heavy (non-hydrogen) atoms. The highest BCUT2D eigenvalue weighted by Gasteiger charge is 2.16. The minimum atomic E-state index is -0.269. The SMILES string of the molecule is COc1cccc(SC(=Nc2cc(Cl)cc(Cl)c2)N(CCc2ccc(F)cc2)Cc2cccc(O)c2)c1. The number of ether oxygens (including phenoxy) is 1. The fraction of sp³-hybridized carbons (Fsp3) is 0.138. The maximum atomic E-state index is 13.5. The monoisotopic (exact) mass is 554 g/mol. The highest BCUT2D eigenvalue weighted by molar-refractivity contribution is 8.13. The summed E-state index contributed by atoms with van der Waals surface area (Å²) in [5.41, 5.74) is 2.53. The molecule has 0 spiro atoms. The largest absolute Gasteiger partial charge is 0.508 e. The molecule has 4 nitrogen and oxygen atoms in total. The Morgan fingerprint density at radius 2 is 1.65 bits per heavy atom. The number of thioether (sulfide) groups is 1. The average Bonchev–Trinajstić information content (AvgIpc) is 2.87. The first kappa shape index (κ1) is 26.9. The molecule has 4 rings (SSSR count). The standard InChI is InChI=1S/C29H25Cl2FN2O2S/c1-36-27-6-3-7-28(18-27)37-29(33-25-16-22(30)15-23(31)17-25)34(19-21-4-2-5-26(35)14-21)13-12-20-8-10-24(32)11-9-20/h2-11,14-18,35H,12-13,19H2,1H3. The number of rotatable bonds is 8. The Morgan fingerprint density at radius 1 is 0.919 bits per heavy atom. The quantitative estimate of drug-likeness (QED) is 0.135. The lowest BCUT2D eigenvalue weighted by Crippen LogP contribution is -2.30. The second-order valence-electron chi connectivity index (χ2n) is 8.27. The van der Waals surface area contributed by atoms with Crippen LogP contribution in [0, 0.1) is 5.82 Å². The minimum Gasteiger partial charge on any atom is -0.508 e. The third-order valence-corrected chi connectivity index (χ3v) is 6.92. The van der Waals surface area contributed by atoms with E-state index < -0.39 is 0 Å². The topological polar surface area (TPSA) is 45.1 Å². The third kappa shape index (κ3) is 8.15. The molecule has 0 aliphatic heterocycles. The second kappa shape index (κ2) is 12.9. The van der Waals surface area contributed by atoms with Crippen LogP contribution in [-0.4, -0.2) is 28.8 Å². The van der Waals surface area contributed by atoms with Crippen molar-refractivity contribution in [3.05, 3.63) is 118 Å². The summed E-state index contributed by atoms with van der Waals surface area (Å²) < 4.78 is 18.9. The molecule has 0 radical (unpaired) electrons. The lowest BCUT2D eigenvalue weighted by atomic mass is 10.1. The van der Waals surface area contributed by atoms with Crippen molar-refractivity contribution in [2.45, 2.75) is 17.9 Å². The number of hydrogen-bond donors (Lipinski definition) is 1. The number of benzene rings is 4. The Kier molecular flexibility index (Phi) is 9.34. The maximum absolute atomic E-state index is 13.5. The molecule has 0 bridgehead atoms. The van der Waals surface area contributed by atoms with E-state index in [1.807, 2.05) is 36.4 Å². The Morgan fingerprint density at radius 3 is 2.35 bits per heavy atom. The highest BCUT2D eigenvalue weighted by Crippen LogP contribution is 2.31. The average molecular weight is 556 g/mol. The fourth-order valence-corrected chi connectivity index (χ4v) is 5.16. The van der Waals surface area contributed by atoms with Crippen molar-refractivity contribution in [1.82, 2.24) is 4.90 Å². The van der Waals surface area contributed by atoms with Gasteiger partial charge >= 0.3 is 0 Å². The predicted molar refractivity (Wildman–Crippen MR) is 151 cm³/mol. The van der Waals surface area contributed by atoms with Gasteiger partial charge in [-0.05, 0) is 78.2 Å². The van der Waals surface area contributed by atoms with Gasteiger partial charge in [-0.3, -0.25) is 0 Å². The number of hydrogen-bond acceptors (Lipinski definition) is 4. The number of amidine groups is 1. The molecular formula is C29H25Cl2FN2O2S. The minimum absolute atomic E-state index is 0.191. The third-order valence-electron chi connectivity index (χ3n) is 5.46. The first-order valence-electron chi connectivity index (χ1n) is 11.5. The van der Waals surface area contributed by atoms with Crippen molar-refractivity contribution in [3.8, 4) is 11.5 Å². The number of nitrogens with zero attached hydrogens (tertiary/aromatic N) is 2. The van der Waals surface area contributed by atoms with E-state index in [4.69, 9.17) is 32.9 Å². The number of aromatic hydroxyl groups is 1. The molecule has 0 saturated carbocycles. The van der Waals surface area contributed by atoms with E-state index in [2.05, 4.69) is 4.90 Å². The molecule has 4 aromatic rings. The van der Waals surface area contributed by atoms with E-state index in [1.54, 1.807) is 49.6 Å². The van der Waals surface area contributed by atoms with Crippen LogP contribution < -0.4 is 4.74 Å². The van der Waals surface area contributed by atoms with Crippen molar-refractivity contribution in [1.29, 1.82) is 0 Å². The lowest BCUT2D eigenvalue weighted by Gasteiger charge is -2.26. The van der Waals surface area contributed by atoms with Gasteiger partial charge in [0.1, 0.15) is 17.3 Å². The zero-order valence-corrected chi connectivity index (χ0v) is 22.4. The van der Waals surface area contributed by atoms with Crippen LogP contribution in [0.5, 0.6) is 11.5 Å². The summed E-state index contributed by atoms with van der Waals surface area (Å²) in [7, 11) is 1.63. The highest BCUT2D eigenvalue weighted by atomic mass is 35.5. The van der Waals surface area contributed by atoms with E-state index in [9.17, 15) is 9.50 Å². The smallest absolute Gasteiger partial charge is 0.169 e. The molecule has 190 valence electrons. The van der Waals surface area contributed by atoms with Gasteiger partial charge in [0, 0.05) is 28.0 Å². The Bertz CT molecular complexity index is 1360. The van der Waals surface area contributed by atoms with Crippen LogP contribution in [-0.2, 0) is 13.0 Å². The van der Waals surface area contributed by atoms with Crippen molar-refractivity contribution in [3.63, 3.8) is 0 Å². The van der Waals surface area contributed by atoms with Crippen LogP contribution in [0.4, 0.5) is 10.1 Å². The van der Waals surface area contributed by atoms with E-state index in [0.29, 0.717) is 40.4 Å². The van der Waals surface area contributed by atoms with Gasteiger partial charge in [0.15, 0.2) is 5.17 Å². The molecule has 0 aromatic heterocycles. The molecule has 0 amide bonds. The Balaban J connectivity index is 1.73. The van der Waals surface area contributed by atoms with E-state index in [1.165, 1.54) is 23.9 Å². The fourth-order valence-electron chi connectivity index (χ4n) is 3.68. The van der Waals surface area contributed by atoms with Crippen molar-refractivity contribution < 1.29 is 14.2 Å². The van der Waals surface area contributed by atoms with Crippen LogP contribution in [0.15, 0.2) is 101 Å². The molecule has 0 fully saturated rings. The van der Waals surface area contributed by atoms with Gasteiger partial charge in [0.2, 0.25) is 0 Å². The number of aliphatic imine (C=N–C) groups is 1. The van der Waals surface area contributed by atoms with Gasteiger partial charge in [-0.15, -0.1) is 0 Å². The summed E-state index contributed by atoms with van der Waals surface area (Å²) in [5, 5.41) is 11.7. The molecule has 8 heteroatoms. The number of phenols is 1. The van der Waals surface area contributed by atoms with Gasteiger partial charge in [0.05, 0.1) is 12.8 Å². The summed E-state index contributed by atoms with van der Waals surface area (Å²) >= 11 is 14.0. The summed E-state index contributed by atoms with van der Waals surface area (Å²) in [6.07, 6.45) is 0.660. The van der Waals surface area contributed by atoms with Crippen molar-refractivity contribution >= 4 is 45.8 Å². The van der Waals surface area contributed by atoms with Crippen LogP contribution in [0.25, 0.3) is 0 Å². The molecule has 0 atom stereocenters. The first-order valence-corrected chi connectivity index (χ1v) is 13.1. The summed E-state index contributed by atoms with van der Waals surface area (Å²) in [5.74, 6) is 0.659. The van der Waals surface area contributed by atoms with Gasteiger partial charge in [-0.25, -0.2) is 9.38 Å². The Labute approximate surface area is 230 Å². The molecule has 4 aromatic carbocycles. The van der Waals surface area contributed by atoms with Gasteiger partial charge in [-0.1, -0.05) is 65.3 Å². The van der Waals surface area contributed by atoms with E-state index in [0.717, 1.165) is 21.8 Å². The second-order valence-corrected chi connectivity index (χ2v) is 10.2. The van der Waals surface area contributed by atoms with E-state index in [-0.39, 0.29) is 11.6 Å².